The van der Waals surface area contributed by atoms with Gasteiger partial charge >= 0.3 is 0 Å². The molecule has 0 aliphatic heterocycles. The number of hydrazine groups is 1. The third-order valence-electron chi connectivity index (χ3n) is 2.49. The maximum Gasteiger partial charge on any atom is 0.276 e. The number of aromatic nitrogens is 1. The van der Waals surface area contributed by atoms with Crippen LogP contribution in [0, 0.1) is 10.1 Å². The highest BCUT2D eigenvalue weighted by molar-refractivity contribution is 5.54. The summed E-state index contributed by atoms with van der Waals surface area (Å²) in [6.45, 7) is 0.527. The molecule has 2 aromatic rings. The molecule has 0 saturated carbocycles. The molecule has 0 bridgehead atoms. The number of hydrogen-bond donors (Lipinski definition) is 3. The zero-order chi connectivity index (χ0) is 13.7. The van der Waals surface area contributed by atoms with Crippen LogP contribution in [0.2, 0.25) is 0 Å². The summed E-state index contributed by atoms with van der Waals surface area (Å²) in [6.07, 6.45) is 0. The number of pyridine rings is 1. The fourth-order valence-corrected chi connectivity index (χ4v) is 1.57. The van der Waals surface area contributed by atoms with Crippen LogP contribution in [-0.2, 0) is 6.54 Å². The number of anilines is 2. The Kier molecular flexibility index (Phi) is 3.89. The fourth-order valence-electron chi connectivity index (χ4n) is 1.57. The van der Waals surface area contributed by atoms with Gasteiger partial charge in [0, 0.05) is 6.54 Å². The van der Waals surface area contributed by atoms with Gasteiger partial charge in [-0.25, -0.2) is 10.8 Å². The van der Waals surface area contributed by atoms with Gasteiger partial charge in [0.15, 0.2) is 0 Å². The van der Waals surface area contributed by atoms with Crippen molar-refractivity contribution in [3.63, 3.8) is 0 Å². The van der Waals surface area contributed by atoms with E-state index in [2.05, 4.69) is 15.7 Å². The molecule has 2 rings (SSSR count). The molecule has 0 radical (unpaired) electrons. The lowest BCUT2D eigenvalue weighted by atomic mass is 10.2. The lowest BCUT2D eigenvalue weighted by molar-refractivity contribution is -0.384. The second-order valence-corrected chi connectivity index (χ2v) is 3.84. The van der Waals surface area contributed by atoms with Crippen LogP contribution in [0.3, 0.4) is 0 Å². The molecule has 0 unspecified atom stereocenters. The minimum absolute atomic E-state index is 0.0708. The van der Waals surface area contributed by atoms with Gasteiger partial charge < -0.3 is 10.7 Å². The molecule has 0 aliphatic carbocycles. The van der Waals surface area contributed by atoms with Crippen molar-refractivity contribution in [1.29, 1.82) is 0 Å². The topological polar surface area (TPSA) is 106 Å². The normalized spacial score (nSPS) is 9.95. The summed E-state index contributed by atoms with van der Waals surface area (Å²) in [5, 5.41) is 13.8. The quantitative estimate of drug-likeness (QED) is 0.430. The lowest BCUT2D eigenvalue weighted by Crippen LogP contribution is -2.10. The average Bonchev–Trinajstić information content (AvgIpc) is 2.45. The summed E-state index contributed by atoms with van der Waals surface area (Å²) in [6, 6.07) is 12.3. The van der Waals surface area contributed by atoms with E-state index in [1.807, 2.05) is 30.3 Å². The molecule has 98 valence electrons. The van der Waals surface area contributed by atoms with Crippen LogP contribution in [0.25, 0.3) is 0 Å². The van der Waals surface area contributed by atoms with E-state index in [9.17, 15) is 10.1 Å². The Labute approximate surface area is 109 Å². The van der Waals surface area contributed by atoms with Gasteiger partial charge in [-0.1, -0.05) is 30.3 Å². The van der Waals surface area contributed by atoms with E-state index in [4.69, 9.17) is 5.84 Å². The van der Waals surface area contributed by atoms with E-state index in [0.29, 0.717) is 12.4 Å². The van der Waals surface area contributed by atoms with Gasteiger partial charge in [-0.05, 0) is 5.56 Å². The Hall–Kier alpha value is -2.67. The summed E-state index contributed by atoms with van der Waals surface area (Å²) in [5.41, 5.74) is 3.29. The first-order valence-corrected chi connectivity index (χ1v) is 5.60. The van der Waals surface area contributed by atoms with Crippen molar-refractivity contribution in [3.8, 4) is 0 Å². The highest BCUT2D eigenvalue weighted by Crippen LogP contribution is 2.20. The number of nitro groups is 1. The zero-order valence-corrected chi connectivity index (χ0v) is 10.0. The monoisotopic (exact) mass is 259 g/mol. The fraction of sp³-hybridized carbons (Fsp3) is 0.0833. The van der Waals surface area contributed by atoms with Crippen LogP contribution in [0.1, 0.15) is 5.56 Å². The van der Waals surface area contributed by atoms with Gasteiger partial charge in [0.05, 0.1) is 17.1 Å². The van der Waals surface area contributed by atoms with Crippen LogP contribution in [0.5, 0.6) is 0 Å². The zero-order valence-electron chi connectivity index (χ0n) is 10.0. The molecular formula is C12H13N5O2. The van der Waals surface area contributed by atoms with Crippen molar-refractivity contribution in [2.45, 2.75) is 6.54 Å². The molecule has 0 spiro atoms. The van der Waals surface area contributed by atoms with Crippen molar-refractivity contribution >= 4 is 17.3 Å². The van der Waals surface area contributed by atoms with Gasteiger partial charge in [-0.2, -0.15) is 0 Å². The molecule has 0 atom stereocenters. The van der Waals surface area contributed by atoms with E-state index >= 15 is 0 Å². The largest absolute Gasteiger partial charge is 0.366 e. The van der Waals surface area contributed by atoms with E-state index in [-0.39, 0.29) is 11.5 Å². The summed E-state index contributed by atoms with van der Waals surface area (Å²) in [5.74, 6) is 5.87. The van der Waals surface area contributed by atoms with Crippen molar-refractivity contribution in [3.05, 3.63) is 58.1 Å². The van der Waals surface area contributed by atoms with Crippen LogP contribution in [0.15, 0.2) is 42.5 Å². The Balaban J connectivity index is 2.15. The minimum Gasteiger partial charge on any atom is -0.366 e. The van der Waals surface area contributed by atoms with Gasteiger partial charge in [0.1, 0.15) is 11.6 Å². The molecule has 0 amide bonds. The molecule has 1 aromatic heterocycles. The molecule has 0 fully saturated rings. The predicted octanol–water partition coefficient (Wildman–Crippen LogP) is 1.89. The molecule has 7 nitrogen and oxygen atoms in total. The molecule has 1 aromatic carbocycles. The van der Waals surface area contributed by atoms with Crippen molar-refractivity contribution < 1.29 is 4.92 Å². The average molecular weight is 259 g/mol. The van der Waals surface area contributed by atoms with E-state index in [1.165, 1.54) is 12.1 Å². The van der Waals surface area contributed by atoms with E-state index < -0.39 is 4.92 Å². The van der Waals surface area contributed by atoms with Crippen molar-refractivity contribution in [2.75, 3.05) is 10.7 Å². The summed E-state index contributed by atoms with van der Waals surface area (Å²) < 4.78 is 0. The Morgan fingerprint density at radius 2 is 1.89 bits per heavy atom. The molecule has 7 heteroatoms. The maximum atomic E-state index is 10.8. The second kappa shape index (κ2) is 5.78. The predicted molar refractivity (Wildman–Crippen MR) is 72.5 cm³/mol. The van der Waals surface area contributed by atoms with Gasteiger partial charge in [-0.15, -0.1) is 0 Å². The van der Waals surface area contributed by atoms with Crippen molar-refractivity contribution in [1.82, 2.24) is 4.98 Å². The van der Waals surface area contributed by atoms with Gasteiger partial charge in [-0.3, -0.25) is 10.1 Å². The SMILES string of the molecule is NNc1cc([N+](=O)[O-])cc(NCc2ccccc2)n1. The number of nitrogens with two attached hydrogens (primary N) is 1. The third-order valence-corrected chi connectivity index (χ3v) is 2.49. The molecule has 4 N–H and O–H groups in total. The highest BCUT2D eigenvalue weighted by Gasteiger charge is 2.10. The summed E-state index contributed by atoms with van der Waals surface area (Å²) >= 11 is 0. The Morgan fingerprint density at radius 3 is 2.53 bits per heavy atom. The van der Waals surface area contributed by atoms with Crippen LogP contribution in [-0.4, -0.2) is 9.91 Å². The summed E-state index contributed by atoms with van der Waals surface area (Å²) in [4.78, 5) is 14.4. The summed E-state index contributed by atoms with van der Waals surface area (Å²) in [7, 11) is 0. The standard InChI is InChI=1S/C12H13N5O2/c13-16-12-7-10(17(18)19)6-11(15-12)14-8-9-4-2-1-3-5-9/h1-7H,8,13H2,(H2,14,15,16). The maximum absolute atomic E-state index is 10.8. The first kappa shape index (κ1) is 12.8. The van der Waals surface area contributed by atoms with Crippen molar-refractivity contribution in [2.24, 2.45) is 5.84 Å². The number of nitrogens with one attached hydrogen (secondary N) is 2. The van der Waals surface area contributed by atoms with Crippen LogP contribution >= 0.6 is 0 Å². The van der Waals surface area contributed by atoms with E-state index in [0.717, 1.165) is 5.56 Å². The number of nitrogen functional groups attached to an aromatic ring is 1. The molecule has 19 heavy (non-hydrogen) atoms. The number of benzene rings is 1. The van der Waals surface area contributed by atoms with Gasteiger partial charge in [0.25, 0.3) is 5.69 Å². The first-order valence-electron chi connectivity index (χ1n) is 5.60. The Morgan fingerprint density at radius 1 is 1.21 bits per heavy atom. The van der Waals surface area contributed by atoms with Gasteiger partial charge in [0.2, 0.25) is 0 Å². The first-order chi connectivity index (χ1) is 9.19. The van der Waals surface area contributed by atoms with Crippen LogP contribution in [0.4, 0.5) is 17.3 Å². The van der Waals surface area contributed by atoms with E-state index in [1.54, 1.807) is 0 Å². The number of hydrogen-bond acceptors (Lipinski definition) is 6. The molecule has 1 heterocycles. The smallest absolute Gasteiger partial charge is 0.276 e. The lowest BCUT2D eigenvalue weighted by Gasteiger charge is -2.07. The van der Waals surface area contributed by atoms with Crippen LogP contribution < -0.4 is 16.6 Å². The number of rotatable bonds is 5. The minimum atomic E-state index is -0.490. The second-order valence-electron chi connectivity index (χ2n) is 3.84. The third kappa shape index (κ3) is 3.39. The Bertz CT molecular complexity index is 574. The number of nitrogens with zero attached hydrogens (tertiary/aromatic N) is 2. The molecular weight excluding hydrogens is 246 g/mol. The molecule has 0 saturated heterocycles. The molecule has 0 aliphatic rings. The highest BCUT2D eigenvalue weighted by atomic mass is 16.6.